The van der Waals surface area contributed by atoms with Crippen LogP contribution in [0.3, 0.4) is 0 Å². The highest BCUT2D eigenvalue weighted by molar-refractivity contribution is 9.10. The molecule has 0 saturated heterocycles. The summed E-state index contributed by atoms with van der Waals surface area (Å²) in [4.78, 5) is 8.60. The van der Waals surface area contributed by atoms with Crippen LogP contribution in [0.1, 0.15) is 42.1 Å². The van der Waals surface area contributed by atoms with Gasteiger partial charge in [0, 0.05) is 17.3 Å². The van der Waals surface area contributed by atoms with Crippen molar-refractivity contribution < 1.29 is 4.73 Å². The van der Waals surface area contributed by atoms with Gasteiger partial charge >= 0.3 is 0 Å². The van der Waals surface area contributed by atoms with Crippen LogP contribution in [0.25, 0.3) is 11.0 Å². The average molecular weight is 425 g/mol. The van der Waals surface area contributed by atoms with E-state index in [2.05, 4.69) is 39.7 Å². The number of anilines is 1. The largest absolute Gasteiger partial charge is 0.618 e. The minimum absolute atomic E-state index is 0.183. The molecular formula is C17H19BrClN5O. The van der Waals surface area contributed by atoms with Crippen molar-refractivity contribution in [1.82, 2.24) is 14.5 Å². The SMILES string of the molecule is Cc1c[n+]([O-])c(Cn2cc(C(C)C)c3c(Br)nc(N)nc32)c(C)c1Cl. The van der Waals surface area contributed by atoms with Gasteiger partial charge in [0.1, 0.15) is 16.8 Å². The Labute approximate surface area is 159 Å². The van der Waals surface area contributed by atoms with Crippen molar-refractivity contribution >= 4 is 44.5 Å². The van der Waals surface area contributed by atoms with Crippen LogP contribution in [0.5, 0.6) is 0 Å². The second-order valence-corrected chi connectivity index (χ2v) is 7.59. The lowest BCUT2D eigenvalue weighted by molar-refractivity contribution is -0.615. The fourth-order valence-electron chi connectivity index (χ4n) is 2.99. The van der Waals surface area contributed by atoms with Crippen LogP contribution in [0.15, 0.2) is 17.0 Å². The lowest BCUT2D eigenvalue weighted by atomic mass is 10.1. The van der Waals surface area contributed by atoms with E-state index in [-0.39, 0.29) is 11.9 Å². The minimum Gasteiger partial charge on any atom is -0.618 e. The smallest absolute Gasteiger partial charge is 0.223 e. The van der Waals surface area contributed by atoms with Crippen molar-refractivity contribution in [3.63, 3.8) is 0 Å². The predicted molar refractivity (Wildman–Crippen MR) is 103 cm³/mol. The topological polar surface area (TPSA) is 83.7 Å². The Balaban J connectivity index is 2.23. The molecule has 3 heterocycles. The Morgan fingerprint density at radius 2 is 2.04 bits per heavy atom. The number of nitrogens with zero attached hydrogens (tertiary/aromatic N) is 4. The molecular weight excluding hydrogens is 406 g/mol. The number of aryl methyl sites for hydroxylation is 1. The first-order valence-electron chi connectivity index (χ1n) is 7.90. The summed E-state index contributed by atoms with van der Waals surface area (Å²) in [7, 11) is 0. The van der Waals surface area contributed by atoms with Gasteiger partial charge in [-0.3, -0.25) is 0 Å². The lowest BCUT2D eigenvalue weighted by Gasteiger charge is -2.12. The summed E-state index contributed by atoms with van der Waals surface area (Å²) < 4.78 is 3.46. The quantitative estimate of drug-likeness (QED) is 0.393. The van der Waals surface area contributed by atoms with Gasteiger partial charge in [-0.2, -0.15) is 9.71 Å². The molecule has 0 saturated carbocycles. The third kappa shape index (κ3) is 3.06. The normalized spacial score (nSPS) is 11.6. The molecule has 0 bridgehead atoms. The summed E-state index contributed by atoms with van der Waals surface area (Å²) in [6.07, 6.45) is 3.50. The standard InChI is InChI=1S/C17H19BrClN5O/c1-8(2)11-6-23(16-13(11)15(18)21-17(20)22-16)7-12-10(4)14(19)9(3)5-24(12)25/h5-6,8H,7H2,1-4H3,(H2,20,21,22). The zero-order chi connectivity index (χ0) is 18.5. The maximum Gasteiger partial charge on any atom is 0.223 e. The van der Waals surface area contributed by atoms with Gasteiger partial charge in [0.2, 0.25) is 11.6 Å². The van der Waals surface area contributed by atoms with E-state index in [1.165, 1.54) is 6.20 Å². The molecule has 3 rings (SSSR count). The first kappa shape index (κ1) is 17.9. The Hall–Kier alpha value is -1.86. The van der Waals surface area contributed by atoms with Crippen LogP contribution < -0.4 is 10.5 Å². The highest BCUT2D eigenvalue weighted by atomic mass is 79.9. The van der Waals surface area contributed by atoms with E-state index in [9.17, 15) is 5.21 Å². The predicted octanol–water partition coefficient (Wildman–Crippen LogP) is 3.85. The zero-order valence-electron chi connectivity index (χ0n) is 14.5. The van der Waals surface area contributed by atoms with Gasteiger partial charge in [-0.25, -0.2) is 4.98 Å². The number of pyridine rings is 1. The number of nitrogens with two attached hydrogens (primary N) is 1. The van der Waals surface area contributed by atoms with E-state index < -0.39 is 0 Å². The van der Waals surface area contributed by atoms with E-state index in [0.29, 0.717) is 27.5 Å². The zero-order valence-corrected chi connectivity index (χ0v) is 16.8. The molecule has 0 radical (unpaired) electrons. The molecule has 0 aliphatic rings. The molecule has 3 aromatic rings. The fraction of sp³-hybridized carbons (Fsp3) is 0.353. The molecule has 0 aromatic carbocycles. The number of halogens is 2. The fourth-order valence-corrected chi connectivity index (χ4v) is 3.74. The Kier molecular flexibility index (Phi) is 4.64. The van der Waals surface area contributed by atoms with Gasteiger partial charge in [-0.1, -0.05) is 25.4 Å². The summed E-state index contributed by atoms with van der Waals surface area (Å²) in [5.74, 6) is 0.456. The molecule has 0 fully saturated rings. The molecule has 0 unspecified atom stereocenters. The maximum absolute atomic E-state index is 12.4. The molecule has 0 amide bonds. The van der Waals surface area contributed by atoms with Crippen LogP contribution in [0.4, 0.5) is 5.95 Å². The van der Waals surface area contributed by atoms with Crippen molar-refractivity contribution in [2.24, 2.45) is 0 Å². The summed E-state index contributed by atoms with van der Waals surface area (Å²) in [5.41, 5.74) is 9.71. The molecule has 0 atom stereocenters. The van der Waals surface area contributed by atoms with Crippen LogP contribution in [-0.4, -0.2) is 14.5 Å². The molecule has 0 aliphatic heterocycles. The highest BCUT2D eigenvalue weighted by Crippen LogP contribution is 2.32. The number of hydrogen-bond acceptors (Lipinski definition) is 4. The molecule has 6 nitrogen and oxygen atoms in total. The van der Waals surface area contributed by atoms with E-state index in [1.807, 2.05) is 24.6 Å². The summed E-state index contributed by atoms with van der Waals surface area (Å²) in [5, 5.41) is 13.9. The molecule has 0 spiro atoms. The molecule has 3 aromatic heterocycles. The maximum atomic E-state index is 12.4. The van der Waals surface area contributed by atoms with Crippen LogP contribution in [0, 0.1) is 19.1 Å². The van der Waals surface area contributed by atoms with Crippen molar-refractivity contribution in [1.29, 1.82) is 0 Å². The minimum atomic E-state index is 0.183. The molecule has 0 aliphatic carbocycles. The van der Waals surface area contributed by atoms with Gasteiger partial charge in [0.15, 0.2) is 6.20 Å². The van der Waals surface area contributed by atoms with Crippen molar-refractivity contribution in [2.45, 2.75) is 40.2 Å². The Morgan fingerprint density at radius 1 is 1.36 bits per heavy atom. The second-order valence-electron chi connectivity index (χ2n) is 6.46. The van der Waals surface area contributed by atoms with Gasteiger partial charge in [-0.15, -0.1) is 0 Å². The number of rotatable bonds is 3. The first-order valence-corrected chi connectivity index (χ1v) is 9.07. The third-order valence-electron chi connectivity index (χ3n) is 4.35. The third-order valence-corrected chi connectivity index (χ3v) is 5.50. The summed E-state index contributed by atoms with van der Waals surface area (Å²) in [6, 6.07) is 0. The van der Waals surface area contributed by atoms with Gasteiger partial charge in [0.25, 0.3) is 0 Å². The Bertz CT molecular complexity index is 983. The number of nitrogen functional groups attached to an aromatic ring is 1. The molecule has 25 heavy (non-hydrogen) atoms. The second kappa shape index (κ2) is 6.46. The van der Waals surface area contributed by atoms with Crippen LogP contribution >= 0.6 is 27.5 Å². The van der Waals surface area contributed by atoms with E-state index in [0.717, 1.165) is 26.8 Å². The van der Waals surface area contributed by atoms with Crippen molar-refractivity contribution in [3.05, 3.63) is 49.6 Å². The van der Waals surface area contributed by atoms with Gasteiger partial charge < -0.3 is 15.5 Å². The van der Waals surface area contributed by atoms with Gasteiger partial charge in [-0.05, 0) is 41.3 Å². The lowest BCUT2D eigenvalue weighted by Crippen LogP contribution is -2.34. The van der Waals surface area contributed by atoms with Crippen molar-refractivity contribution in [2.75, 3.05) is 5.73 Å². The van der Waals surface area contributed by atoms with Crippen LogP contribution in [-0.2, 0) is 6.54 Å². The van der Waals surface area contributed by atoms with E-state index in [1.54, 1.807) is 0 Å². The highest BCUT2D eigenvalue weighted by Gasteiger charge is 2.21. The number of aromatic nitrogens is 4. The summed E-state index contributed by atoms with van der Waals surface area (Å²) in [6.45, 7) is 8.22. The monoisotopic (exact) mass is 423 g/mol. The molecule has 2 N–H and O–H groups in total. The summed E-state index contributed by atoms with van der Waals surface area (Å²) >= 11 is 9.81. The van der Waals surface area contributed by atoms with E-state index in [4.69, 9.17) is 17.3 Å². The number of fused-ring (bicyclic) bond motifs is 1. The van der Waals surface area contributed by atoms with Crippen LogP contribution in [0.2, 0.25) is 5.02 Å². The van der Waals surface area contributed by atoms with Gasteiger partial charge in [0.05, 0.1) is 10.4 Å². The number of hydrogen-bond donors (Lipinski definition) is 1. The van der Waals surface area contributed by atoms with Crippen molar-refractivity contribution in [3.8, 4) is 0 Å². The molecule has 132 valence electrons. The first-order chi connectivity index (χ1) is 11.7. The average Bonchev–Trinajstić information content (AvgIpc) is 2.88. The Morgan fingerprint density at radius 3 is 2.68 bits per heavy atom. The molecule has 8 heteroatoms. The van der Waals surface area contributed by atoms with E-state index >= 15 is 0 Å².